The molecule has 0 aliphatic heterocycles. The first-order valence-electron chi connectivity index (χ1n) is 7.72. The summed E-state index contributed by atoms with van der Waals surface area (Å²) in [4.78, 5) is 12.2. The van der Waals surface area contributed by atoms with E-state index in [4.69, 9.17) is 4.42 Å². The third-order valence-electron chi connectivity index (χ3n) is 3.72. The summed E-state index contributed by atoms with van der Waals surface area (Å²) in [6, 6.07) is 17.2. The first kappa shape index (κ1) is 16.9. The Labute approximate surface area is 167 Å². The van der Waals surface area contributed by atoms with Crippen LogP contribution in [0.25, 0.3) is 22.6 Å². The highest BCUT2D eigenvalue weighted by atomic mass is 127. The van der Waals surface area contributed by atoms with Gasteiger partial charge in [-0.05, 0) is 86.9 Å². The Morgan fingerprint density at radius 1 is 1.00 bits per heavy atom. The molecule has 0 saturated heterocycles. The Bertz CT molecular complexity index is 1040. The second-order valence-electron chi connectivity index (χ2n) is 5.47. The smallest absolute Gasteiger partial charge is 0.322 e. The van der Waals surface area contributed by atoms with Crippen LogP contribution in [-0.2, 0) is 0 Å². The summed E-state index contributed by atoms with van der Waals surface area (Å²) in [5.41, 5.74) is 3.55. The van der Waals surface area contributed by atoms with Crippen LogP contribution >= 0.6 is 33.9 Å². The van der Waals surface area contributed by atoms with Gasteiger partial charge in [0.15, 0.2) is 0 Å². The highest BCUT2D eigenvalue weighted by Crippen LogP contribution is 2.27. The van der Waals surface area contributed by atoms with Crippen molar-refractivity contribution in [3.63, 3.8) is 0 Å². The van der Waals surface area contributed by atoms with Gasteiger partial charge in [0.1, 0.15) is 0 Å². The molecule has 0 aliphatic carbocycles. The van der Waals surface area contributed by atoms with Crippen LogP contribution in [0.1, 0.15) is 10.4 Å². The van der Waals surface area contributed by atoms with Crippen LogP contribution in [0.15, 0.2) is 69.8 Å². The van der Waals surface area contributed by atoms with Crippen molar-refractivity contribution in [2.45, 2.75) is 0 Å². The van der Waals surface area contributed by atoms with Crippen molar-refractivity contribution in [1.82, 2.24) is 10.2 Å². The van der Waals surface area contributed by atoms with Crippen LogP contribution in [-0.4, -0.2) is 16.1 Å². The maximum Gasteiger partial charge on any atom is 0.322 e. The van der Waals surface area contributed by atoms with Gasteiger partial charge in [-0.3, -0.25) is 10.1 Å². The second kappa shape index (κ2) is 7.38. The van der Waals surface area contributed by atoms with E-state index in [2.05, 4.69) is 49.6 Å². The fourth-order valence-electron chi connectivity index (χ4n) is 2.42. The number of aromatic nitrogens is 2. The Morgan fingerprint density at radius 2 is 1.81 bits per heavy atom. The van der Waals surface area contributed by atoms with Gasteiger partial charge in [-0.2, -0.15) is 11.3 Å². The zero-order valence-corrected chi connectivity index (χ0v) is 16.3. The first-order chi connectivity index (χ1) is 12.7. The number of nitrogens with zero attached hydrogens (tertiary/aromatic N) is 2. The lowest BCUT2D eigenvalue weighted by molar-refractivity contribution is 0.102. The van der Waals surface area contributed by atoms with Crippen LogP contribution in [0.5, 0.6) is 0 Å². The molecule has 26 heavy (non-hydrogen) atoms. The summed E-state index contributed by atoms with van der Waals surface area (Å²) < 4.78 is 6.66. The van der Waals surface area contributed by atoms with Crippen LogP contribution in [0, 0.1) is 3.57 Å². The predicted octanol–water partition coefficient (Wildman–Crippen LogP) is 5.32. The van der Waals surface area contributed by atoms with Gasteiger partial charge in [-0.1, -0.05) is 17.2 Å². The quantitative estimate of drug-likeness (QED) is 0.408. The number of anilines is 1. The summed E-state index contributed by atoms with van der Waals surface area (Å²) in [7, 11) is 0. The van der Waals surface area contributed by atoms with E-state index in [1.807, 2.05) is 41.8 Å². The summed E-state index contributed by atoms with van der Waals surface area (Å²) in [6.07, 6.45) is 0. The molecule has 4 aromatic rings. The molecule has 128 valence electrons. The van der Waals surface area contributed by atoms with Crippen LogP contribution < -0.4 is 5.32 Å². The molecule has 2 aromatic carbocycles. The monoisotopic (exact) mass is 473 g/mol. The van der Waals surface area contributed by atoms with E-state index in [1.54, 1.807) is 23.5 Å². The molecule has 0 fully saturated rings. The SMILES string of the molecule is O=C(Nc1nnc(-c2cccc(-c3ccsc3)c2)o1)c1ccc(I)cc1. The van der Waals surface area contributed by atoms with Crippen molar-refractivity contribution in [2.24, 2.45) is 0 Å². The van der Waals surface area contributed by atoms with Gasteiger partial charge in [-0.25, -0.2) is 0 Å². The van der Waals surface area contributed by atoms with E-state index in [9.17, 15) is 4.79 Å². The summed E-state index contributed by atoms with van der Waals surface area (Å²) >= 11 is 3.83. The minimum Gasteiger partial charge on any atom is -0.403 e. The fourth-order valence-corrected chi connectivity index (χ4v) is 3.45. The lowest BCUT2D eigenvalue weighted by Crippen LogP contribution is -2.11. The van der Waals surface area contributed by atoms with Gasteiger partial charge in [0.25, 0.3) is 5.91 Å². The van der Waals surface area contributed by atoms with Gasteiger partial charge >= 0.3 is 6.01 Å². The van der Waals surface area contributed by atoms with Crippen molar-refractivity contribution in [3.05, 3.63) is 74.5 Å². The van der Waals surface area contributed by atoms with Crippen molar-refractivity contribution >= 4 is 45.8 Å². The molecule has 0 saturated carbocycles. The third kappa shape index (κ3) is 3.68. The molecule has 0 radical (unpaired) electrons. The van der Waals surface area contributed by atoms with Gasteiger partial charge in [0.2, 0.25) is 5.89 Å². The highest BCUT2D eigenvalue weighted by Gasteiger charge is 2.13. The number of hydrogen-bond donors (Lipinski definition) is 1. The molecule has 7 heteroatoms. The fraction of sp³-hybridized carbons (Fsp3) is 0. The molecule has 1 N–H and O–H groups in total. The molecule has 0 atom stereocenters. The minimum absolute atomic E-state index is 0.0736. The highest BCUT2D eigenvalue weighted by molar-refractivity contribution is 14.1. The maximum atomic E-state index is 12.2. The first-order valence-corrected chi connectivity index (χ1v) is 9.74. The number of hydrogen-bond acceptors (Lipinski definition) is 5. The van der Waals surface area contributed by atoms with E-state index < -0.39 is 0 Å². The number of amides is 1. The third-order valence-corrected chi connectivity index (χ3v) is 5.12. The number of carbonyl (C=O) groups is 1. The van der Waals surface area contributed by atoms with E-state index in [-0.39, 0.29) is 11.9 Å². The zero-order chi connectivity index (χ0) is 17.9. The largest absolute Gasteiger partial charge is 0.403 e. The van der Waals surface area contributed by atoms with E-state index >= 15 is 0 Å². The van der Waals surface area contributed by atoms with Crippen molar-refractivity contribution < 1.29 is 9.21 Å². The van der Waals surface area contributed by atoms with Crippen LogP contribution in [0.3, 0.4) is 0 Å². The molecule has 2 aromatic heterocycles. The number of thiophene rings is 1. The number of carbonyl (C=O) groups excluding carboxylic acids is 1. The molecule has 0 aliphatic rings. The van der Waals surface area contributed by atoms with E-state index in [1.165, 1.54) is 0 Å². The summed E-state index contributed by atoms with van der Waals surface area (Å²) in [5.74, 6) is 0.0728. The number of nitrogens with one attached hydrogen (secondary N) is 1. The number of halogens is 1. The van der Waals surface area contributed by atoms with Gasteiger partial charge in [0.05, 0.1) is 0 Å². The zero-order valence-electron chi connectivity index (χ0n) is 13.3. The van der Waals surface area contributed by atoms with Crippen LogP contribution in [0.4, 0.5) is 6.01 Å². The topological polar surface area (TPSA) is 68.0 Å². The Balaban J connectivity index is 1.54. The molecule has 0 unspecified atom stereocenters. The normalized spacial score (nSPS) is 10.7. The Kier molecular flexibility index (Phi) is 4.81. The summed E-state index contributed by atoms with van der Waals surface area (Å²) in [5, 5.41) is 14.7. The van der Waals surface area contributed by atoms with E-state index in [0.29, 0.717) is 11.5 Å². The Morgan fingerprint density at radius 3 is 2.58 bits per heavy atom. The molecule has 5 nitrogen and oxygen atoms in total. The van der Waals surface area contributed by atoms with Crippen molar-refractivity contribution in [3.8, 4) is 22.6 Å². The molecule has 4 rings (SSSR count). The predicted molar refractivity (Wildman–Crippen MR) is 110 cm³/mol. The molecular formula is C19H12IN3O2S. The van der Waals surface area contributed by atoms with Gasteiger partial charge in [-0.15, -0.1) is 5.10 Å². The lowest BCUT2D eigenvalue weighted by atomic mass is 10.1. The van der Waals surface area contributed by atoms with Gasteiger partial charge in [0, 0.05) is 14.7 Å². The van der Waals surface area contributed by atoms with Crippen LogP contribution in [0.2, 0.25) is 0 Å². The number of benzene rings is 2. The molecular weight excluding hydrogens is 461 g/mol. The lowest BCUT2D eigenvalue weighted by Gasteiger charge is -2.01. The Hall–Kier alpha value is -2.52. The number of rotatable bonds is 4. The standard InChI is InChI=1S/C19H12IN3O2S/c20-16-6-4-12(5-7-16)17(24)21-19-23-22-18(25-19)14-3-1-2-13(10-14)15-8-9-26-11-15/h1-11H,(H,21,23,24). The maximum absolute atomic E-state index is 12.2. The van der Waals surface area contributed by atoms with Gasteiger partial charge < -0.3 is 4.42 Å². The van der Waals surface area contributed by atoms with Crippen molar-refractivity contribution in [1.29, 1.82) is 0 Å². The minimum atomic E-state index is -0.288. The average molecular weight is 473 g/mol. The summed E-state index contributed by atoms with van der Waals surface area (Å²) in [6.45, 7) is 0. The molecule has 0 bridgehead atoms. The van der Waals surface area contributed by atoms with Crippen molar-refractivity contribution in [2.75, 3.05) is 5.32 Å². The molecule has 2 heterocycles. The molecule has 1 amide bonds. The average Bonchev–Trinajstić information content (AvgIpc) is 3.34. The molecule has 0 spiro atoms. The second-order valence-corrected chi connectivity index (χ2v) is 7.49. The van der Waals surface area contributed by atoms with E-state index in [0.717, 1.165) is 20.3 Å².